The van der Waals surface area contributed by atoms with E-state index in [-0.39, 0.29) is 24.8 Å². The van der Waals surface area contributed by atoms with E-state index in [1.807, 2.05) is 30.5 Å². The molecule has 4 heterocycles. The molecule has 1 aromatic carbocycles. The highest BCUT2D eigenvalue weighted by molar-refractivity contribution is 5.78. The minimum absolute atomic E-state index is 0.0412. The van der Waals surface area contributed by atoms with Gasteiger partial charge in [0.2, 0.25) is 5.91 Å². The predicted octanol–water partition coefficient (Wildman–Crippen LogP) is 3.47. The molecule has 1 saturated heterocycles. The molecule has 9 heteroatoms. The predicted molar refractivity (Wildman–Crippen MR) is 127 cm³/mol. The summed E-state index contributed by atoms with van der Waals surface area (Å²) in [5, 5.41) is 10.1. The second-order valence-corrected chi connectivity index (χ2v) is 9.21. The number of alkyl halides is 1. The van der Waals surface area contributed by atoms with E-state index in [1.165, 1.54) is 6.92 Å². The van der Waals surface area contributed by atoms with Gasteiger partial charge < -0.3 is 9.64 Å². The van der Waals surface area contributed by atoms with Gasteiger partial charge in [-0.05, 0) is 37.1 Å². The number of halogens is 1. The third-order valence-electron chi connectivity index (χ3n) is 7.12. The molecule has 0 unspecified atom stereocenters. The van der Waals surface area contributed by atoms with Crippen molar-refractivity contribution in [3.8, 4) is 12.1 Å². The fourth-order valence-corrected chi connectivity index (χ4v) is 4.97. The third-order valence-corrected chi connectivity index (χ3v) is 7.12. The number of amides is 1. The SMILES string of the molecule is CC(=O)N1CCC(F)(c2cc3/c(=N/[C@H](C)c4cccc(C#N)c4C)nc4n(c3cn2)CCO4)CC1. The van der Waals surface area contributed by atoms with Crippen molar-refractivity contribution in [1.82, 2.24) is 19.4 Å². The number of carbonyl (C=O) groups is 1. The maximum absolute atomic E-state index is 16.0. The summed E-state index contributed by atoms with van der Waals surface area (Å²) in [5.74, 6) is -0.0412. The zero-order valence-electron chi connectivity index (χ0n) is 20.1. The van der Waals surface area contributed by atoms with Crippen LogP contribution in [-0.4, -0.2) is 45.0 Å². The summed E-state index contributed by atoms with van der Waals surface area (Å²) in [6.45, 7) is 7.23. The molecule has 0 radical (unpaired) electrons. The van der Waals surface area contributed by atoms with Gasteiger partial charge in [-0.15, -0.1) is 0 Å². The molecule has 0 bridgehead atoms. The minimum atomic E-state index is -1.62. The van der Waals surface area contributed by atoms with Gasteiger partial charge >= 0.3 is 0 Å². The van der Waals surface area contributed by atoms with Gasteiger partial charge in [0.05, 0.1) is 41.6 Å². The summed E-state index contributed by atoms with van der Waals surface area (Å²) < 4.78 is 23.7. The number of ether oxygens (including phenoxy) is 1. The van der Waals surface area contributed by atoms with Crippen LogP contribution in [0.25, 0.3) is 10.9 Å². The van der Waals surface area contributed by atoms with E-state index in [0.717, 1.165) is 16.6 Å². The van der Waals surface area contributed by atoms with Gasteiger partial charge in [0.25, 0.3) is 6.01 Å². The molecule has 35 heavy (non-hydrogen) atoms. The van der Waals surface area contributed by atoms with E-state index in [9.17, 15) is 10.1 Å². The normalized spacial score (nSPS) is 18.1. The smallest absolute Gasteiger partial charge is 0.298 e. The Kier molecular flexibility index (Phi) is 5.75. The van der Waals surface area contributed by atoms with Crippen LogP contribution in [-0.2, 0) is 17.0 Å². The van der Waals surface area contributed by atoms with Crippen LogP contribution in [0.2, 0.25) is 0 Å². The molecule has 0 spiro atoms. The van der Waals surface area contributed by atoms with Gasteiger partial charge in [0.15, 0.2) is 11.2 Å². The zero-order chi connectivity index (χ0) is 24.7. The molecule has 2 aliphatic heterocycles. The van der Waals surface area contributed by atoms with Crippen LogP contribution >= 0.6 is 0 Å². The average molecular weight is 475 g/mol. The van der Waals surface area contributed by atoms with E-state index < -0.39 is 5.67 Å². The highest BCUT2D eigenvalue weighted by Gasteiger charge is 2.38. The van der Waals surface area contributed by atoms with Gasteiger partial charge in [-0.2, -0.15) is 10.2 Å². The highest BCUT2D eigenvalue weighted by atomic mass is 19.1. The molecule has 180 valence electrons. The molecule has 0 N–H and O–H groups in total. The Balaban J connectivity index is 1.62. The monoisotopic (exact) mass is 474 g/mol. The Labute approximate surface area is 202 Å². The first-order valence-electron chi connectivity index (χ1n) is 11.8. The molecule has 1 atom stereocenters. The number of pyridine rings is 1. The lowest BCUT2D eigenvalue weighted by molar-refractivity contribution is -0.131. The fourth-order valence-electron chi connectivity index (χ4n) is 4.97. The van der Waals surface area contributed by atoms with Gasteiger partial charge in [-0.3, -0.25) is 19.3 Å². The van der Waals surface area contributed by atoms with Crippen molar-refractivity contribution in [2.24, 2.45) is 4.99 Å². The first-order valence-corrected chi connectivity index (χ1v) is 11.8. The van der Waals surface area contributed by atoms with Crippen molar-refractivity contribution in [2.75, 3.05) is 19.7 Å². The Hall–Kier alpha value is -3.80. The number of rotatable bonds is 3. The first kappa shape index (κ1) is 23.0. The third kappa shape index (κ3) is 4.03. The number of benzene rings is 1. The number of nitrogens with zero attached hydrogens (tertiary/aromatic N) is 6. The van der Waals surface area contributed by atoms with Crippen molar-refractivity contribution in [3.05, 3.63) is 58.3 Å². The van der Waals surface area contributed by atoms with Crippen LogP contribution in [0.3, 0.4) is 0 Å². The number of aromatic nitrogens is 3. The Morgan fingerprint density at radius 1 is 1.31 bits per heavy atom. The standard InChI is InChI=1S/C26H27FN6O2/c1-16-19(14-28)5-4-6-20(16)17(2)30-24-21-13-23(26(27)7-9-32(10-8-26)18(3)34)29-15-22(21)33-11-12-35-25(33)31-24/h4-6,13,15,17H,7-12H2,1-3H3/b30-24-/t17-/m1/s1. The van der Waals surface area contributed by atoms with E-state index >= 15 is 4.39 Å². The maximum atomic E-state index is 16.0. The summed E-state index contributed by atoms with van der Waals surface area (Å²) in [6.07, 6.45) is 2.07. The molecule has 1 fully saturated rings. The molecule has 0 saturated carbocycles. The summed E-state index contributed by atoms with van der Waals surface area (Å²) in [4.78, 5) is 27.4. The van der Waals surface area contributed by atoms with Crippen LogP contribution in [0.15, 0.2) is 35.5 Å². The summed E-state index contributed by atoms with van der Waals surface area (Å²) in [7, 11) is 0. The van der Waals surface area contributed by atoms with Crippen LogP contribution in [0.1, 0.15) is 55.1 Å². The summed E-state index contributed by atoms with van der Waals surface area (Å²) >= 11 is 0. The Bertz CT molecular complexity index is 1430. The van der Waals surface area contributed by atoms with Crippen LogP contribution in [0, 0.1) is 18.3 Å². The van der Waals surface area contributed by atoms with E-state index in [2.05, 4.69) is 16.0 Å². The van der Waals surface area contributed by atoms with Crippen molar-refractivity contribution in [2.45, 2.75) is 51.9 Å². The van der Waals surface area contributed by atoms with Crippen LogP contribution in [0.5, 0.6) is 6.01 Å². The van der Waals surface area contributed by atoms with E-state index in [1.54, 1.807) is 23.2 Å². The van der Waals surface area contributed by atoms with E-state index in [4.69, 9.17) is 9.73 Å². The lowest BCUT2D eigenvalue weighted by atomic mass is 9.89. The lowest BCUT2D eigenvalue weighted by Crippen LogP contribution is -2.42. The molecule has 3 aromatic rings. The first-order chi connectivity index (χ1) is 16.8. The van der Waals surface area contributed by atoms with Crippen molar-refractivity contribution < 1.29 is 13.9 Å². The zero-order valence-corrected chi connectivity index (χ0v) is 20.1. The van der Waals surface area contributed by atoms with Crippen LogP contribution < -0.4 is 10.2 Å². The quantitative estimate of drug-likeness (QED) is 0.579. The van der Waals surface area contributed by atoms with E-state index in [0.29, 0.717) is 54.4 Å². The molecular formula is C26H27FN6O2. The summed E-state index contributed by atoms with van der Waals surface area (Å²) in [6, 6.07) is 9.75. The topological polar surface area (TPSA) is 96.4 Å². The summed E-state index contributed by atoms with van der Waals surface area (Å²) in [5.41, 5.74) is 2.37. The fraction of sp³-hybridized carbons (Fsp3) is 0.423. The number of hydrogen-bond donors (Lipinski definition) is 0. The van der Waals surface area contributed by atoms with Gasteiger partial charge in [0.1, 0.15) is 6.61 Å². The number of piperidine rings is 1. The molecule has 2 aromatic heterocycles. The lowest BCUT2D eigenvalue weighted by Gasteiger charge is -2.35. The highest BCUT2D eigenvalue weighted by Crippen LogP contribution is 2.37. The Morgan fingerprint density at radius 2 is 2.09 bits per heavy atom. The van der Waals surface area contributed by atoms with Gasteiger partial charge in [0, 0.05) is 38.2 Å². The number of fused-ring (bicyclic) bond motifs is 3. The van der Waals surface area contributed by atoms with Crippen molar-refractivity contribution >= 4 is 16.8 Å². The molecule has 5 rings (SSSR count). The largest absolute Gasteiger partial charge is 0.463 e. The number of hydrogen-bond acceptors (Lipinski definition) is 6. The molecule has 0 aliphatic carbocycles. The second-order valence-electron chi connectivity index (χ2n) is 9.21. The average Bonchev–Trinajstić information content (AvgIpc) is 3.33. The van der Waals surface area contributed by atoms with Crippen LogP contribution in [0.4, 0.5) is 4.39 Å². The number of likely N-dealkylation sites (tertiary alicyclic amines) is 1. The molecule has 8 nitrogen and oxygen atoms in total. The number of nitriles is 1. The van der Waals surface area contributed by atoms with Crippen molar-refractivity contribution in [3.63, 3.8) is 0 Å². The second kappa shape index (κ2) is 8.77. The Morgan fingerprint density at radius 3 is 2.80 bits per heavy atom. The number of carbonyl (C=O) groups excluding carboxylic acids is 1. The molecule has 2 aliphatic rings. The maximum Gasteiger partial charge on any atom is 0.298 e. The van der Waals surface area contributed by atoms with Gasteiger partial charge in [-0.25, -0.2) is 4.39 Å². The molecular weight excluding hydrogens is 447 g/mol. The van der Waals surface area contributed by atoms with Crippen molar-refractivity contribution in [1.29, 1.82) is 5.26 Å². The minimum Gasteiger partial charge on any atom is -0.463 e. The molecule has 1 amide bonds. The van der Waals surface area contributed by atoms with Gasteiger partial charge in [-0.1, -0.05) is 12.1 Å².